The molecule has 160 valence electrons. The highest BCUT2D eigenvalue weighted by Crippen LogP contribution is 2.29. The number of anilines is 1. The maximum Gasteiger partial charge on any atom is 0.238 e. The van der Waals surface area contributed by atoms with Gasteiger partial charge in [0.05, 0.1) is 32.4 Å². The Bertz CT molecular complexity index is 1200. The van der Waals surface area contributed by atoms with Gasteiger partial charge in [-0.15, -0.1) is 0 Å². The zero-order valence-corrected chi connectivity index (χ0v) is 19.3. The second-order valence-electron chi connectivity index (χ2n) is 7.02. The lowest BCUT2D eigenvalue weighted by Crippen LogP contribution is -2.16. The fraction of sp³-hybridized carbons (Fsp3) is 0.300. The van der Waals surface area contributed by atoms with Gasteiger partial charge in [0, 0.05) is 6.54 Å². The average Bonchev–Trinajstić information content (AvgIpc) is 2.99. The van der Waals surface area contributed by atoms with Crippen LogP contribution in [0.15, 0.2) is 40.4 Å². The maximum absolute atomic E-state index is 12.5. The largest absolute Gasteiger partial charge is 0.324 e. The van der Waals surface area contributed by atoms with E-state index in [1.165, 1.54) is 23.9 Å². The second-order valence-corrected chi connectivity index (χ2v) is 9.93. The Balaban J connectivity index is 1.83. The summed E-state index contributed by atoms with van der Waals surface area (Å²) >= 11 is 7.55. The molecule has 1 aromatic heterocycles. The van der Waals surface area contributed by atoms with E-state index in [0.717, 1.165) is 23.1 Å². The van der Waals surface area contributed by atoms with Crippen molar-refractivity contribution in [3.8, 4) is 0 Å². The number of aryl methyl sites for hydroxylation is 3. The van der Waals surface area contributed by atoms with E-state index in [4.69, 9.17) is 16.7 Å². The molecule has 0 saturated carbocycles. The number of imidazole rings is 1. The van der Waals surface area contributed by atoms with Gasteiger partial charge in [0.15, 0.2) is 5.16 Å². The lowest BCUT2D eigenvalue weighted by molar-refractivity contribution is -0.113. The molecule has 3 N–H and O–H groups in total. The number of nitrogens with one attached hydrogen (secondary N) is 1. The smallest absolute Gasteiger partial charge is 0.238 e. The van der Waals surface area contributed by atoms with Crippen LogP contribution in [0.2, 0.25) is 5.02 Å². The summed E-state index contributed by atoms with van der Waals surface area (Å²) in [4.78, 5) is 17.1. The van der Waals surface area contributed by atoms with Crippen molar-refractivity contribution in [3.63, 3.8) is 0 Å². The molecule has 30 heavy (non-hydrogen) atoms. The zero-order chi connectivity index (χ0) is 22.1. The van der Waals surface area contributed by atoms with Crippen LogP contribution in [0.25, 0.3) is 11.0 Å². The number of carbonyl (C=O) groups is 1. The van der Waals surface area contributed by atoms with E-state index in [1.54, 1.807) is 12.1 Å². The van der Waals surface area contributed by atoms with Crippen molar-refractivity contribution in [1.29, 1.82) is 0 Å². The van der Waals surface area contributed by atoms with Gasteiger partial charge in [-0.1, -0.05) is 36.4 Å². The molecule has 3 aromatic rings. The van der Waals surface area contributed by atoms with E-state index in [9.17, 15) is 13.2 Å². The predicted octanol–water partition coefficient (Wildman–Crippen LogP) is 4.09. The van der Waals surface area contributed by atoms with E-state index in [1.807, 2.05) is 31.4 Å². The monoisotopic (exact) mass is 466 g/mol. The highest BCUT2D eigenvalue weighted by atomic mass is 35.5. The van der Waals surface area contributed by atoms with Crippen molar-refractivity contribution in [2.24, 2.45) is 5.14 Å². The average molecular weight is 467 g/mol. The van der Waals surface area contributed by atoms with Crippen LogP contribution >= 0.6 is 23.4 Å². The predicted molar refractivity (Wildman–Crippen MR) is 122 cm³/mol. The molecule has 0 saturated heterocycles. The van der Waals surface area contributed by atoms with E-state index in [2.05, 4.69) is 10.3 Å². The Morgan fingerprint density at radius 1 is 1.27 bits per heavy atom. The molecule has 0 spiro atoms. The first-order valence-electron chi connectivity index (χ1n) is 9.32. The van der Waals surface area contributed by atoms with Gasteiger partial charge in [0.1, 0.15) is 0 Å². The Labute approximate surface area is 185 Å². The summed E-state index contributed by atoms with van der Waals surface area (Å²) in [6.45, 7) is 6.57. The highest BCUT2D eigenvalue weighted by Gasteiger charge is 2.17. The number of sulfonamides is 1. The van der Waals surface area contributed by atoms with Crippen molar-refractivity contribution in [1.82, 2.24) is 9.55 Å². The summed E-state index contributed by atoms with van der Waals surface area (Å²) in [5, 5.41) is 9.23. The van der Waals surface area contributed by atoms with Gasteiger partial charge in [-0.2, -0.15) is 0 Å². The third kappa shape index (κ3) is 4.97. The number of carbonyl (C=O) groups excluding carboxylic acids is 1. The number of amides is 1. The van der Waals surface area contributed by atoms with Gasteiger partial charge < -0.3 is 9.88 Å². The van der Waals surface area contributed by atoms with E-state index < -0.39 is 10.0 Å². The minimum absolute atomic E-state index is 0.00919. The maximum atomic E-state index is 12.5. The molecule has 0 unspecified atom stereocenters. The molecule has 7 nitrogen and oxygen atoms in total. The number of hydrogen-bond donors (Lipinski definition) is 2. The first-order chi connectivity index (χ1) is 14.1. The number of hydrogen-bond acceptors (Lipinski definition) is 5. The third-order valence-electron chi connectivity index (χ3n) is 4.49. The summed E-state index contributed by atoms with van der Waals surface area (Å²) < 4.78 is 25.2. The Morgan fingerprint density at radius 3 is 2.63 bits per heavy atom. The molecule has 0 atom stereocenters. The Kier molecular flexibility index (Phi) is 6.76. The quantitative estimate of drug-likeness (QED) is 0.510. The van der Waals surface area contributed by atoms with Crippen molar-refractivity contribution in [2.45, 2.75) is 43.8 Å². The molecule has 1 heterocycles. The van der Waals surface area contributed by atoms with Crippen LogP contribution in [0.3, 0.4) is 0 Å². The van der Waals surface area contributed by atoms with Crippen molar-refractivity contribution < 1.29 is 13.2 Å². The summed E-state index contributed by atoms with van der Waals surface area (Å²) in [5.41, 5.74) is 3.84. The number of nitrogens with zero attached hydrogens (tertiary/aromatic N) is 2. The fourth-order valence-corrected chi connectivity index (χ4v) is 4.94. The molecule has 0 fully saturated rings. The molecule has 0 aliphatic carbocycles. The van der Waals surface area contributed by atoms with Gasteiger partial charge >= 0.3 is 0 Å². The van der Waals surface area contributed by atoms with E-state index in [0.29, 0.717) is 27.9 Å². The molecule has 0 aliphatic heterocycles. The molecule has 1 amide bonds. The molecule has 0 radical (unpaired) electrons. The molecular weight excluding hydrogens is 444 g/mol. The van der Waals surface area contributed by atoms with Crippen LogP contribution in [0, 0.1) is 13.8 Å². The topological polar surface area (TPSA) is 107 Å². The first kappa shape index (κ1) is 22.6. The molecule has 3 rings (SSSR count). The number of halogens is 1. The number of nitrogens with two attached hydrogens (primary N) is 1. The van der Waals surface area contributed by atoms with Crippen LogP contribution in [-0.4, -0.2) is 29.6 Å². The van der Waals surface area contributed by atoms with Crippen molar-refractivity contribution in [3.05, 3.63) is 46.5 Å². The number of aromatic nitrogens is 2. The zero-order valence-electron chi connectivity index (χ0n) is 16.9. The number of thioether (sulfide) groups is 1. The van der Waals surface area contributed by atoms with Gasteiger partial charge in [0.25, 0.3) is 0 Å². The lowest BCUT2D eigenvalue weighted by atomic mass is 10.1. The van der Waals surface area contributed by atoms with E-state index in [-0.39, 0.29) is 16.6 Å². The van der Waals surface area contributed by atoms with Gasteiger partial charge in [-0.25, -0.2) is 18.5 Å². The summed E-state index contributed by atoms with van der Waals surface area (Å²) in [7, 11) is -3.81. The number of fused-ring (bicyclic) bond motifs is 1. The van der Waals surface area contributed by atoms with E-state index >= 15 is 0 Å². The minimum Gasteiger partial charge on any atom is -0.324 e. The van der Waals surface area contributed by atoms with Crippen LogP contribution in [0.5, 0.6) is 0 Å². The fourth-order valence-electron chi connectivity index (χ4n) is 3.19. The van der Waals surface area contributed by atoms with Gasteiger partial charge in [-0.3, -0.25) is 4.79 Å². The molecule has 0 aliphatic rings. The third-order valence-corrected chi connectivity index (χ3v) is 6.67. The van der Waals surface area contributed by atoms with Gasteiger partial charge in [0.2, 0.25) is 15.9 Å². The standard InChI is InChI=1S/C20H23ClN4O3S2/c1-4-7-25-17-6-5-14(30(22,27)28)10-16(17)23-20(25)29-11-18(26)24-19-13(3)8-12(2)9-15(19)21/h5-6,8-10H,4,7,11H2,1-3H3,(H,24,26)(H2,22,27,28). The van der Waals surface area contributed by atoms with Gasteiger partial charge in [-0.05, 0) is 55.7 Å². The summed E-state index contributed by atoms with van der Waals surface area (Å²) in [6, 6.07) is 8.38. The summed E-state index contributed by atoms with van der Waals surface area (Å²) in [6.07, 6.45) is 0.861. The molecular formula is C20H23ClN4O3S2. The van der Waals surface area contributed by atoms with Crippen LogP contribution in [0.1, 0.15) is 24.5 Å². The summed E-state index contributed by atoms with van der Waals surface area (Å²) in [5.74, 6) is -0.0622. The highest BCUT2D eigenvalue weighted by molar-refractivity contribution is 7.99. The molecule has 0 bridgehead atoms. The SMILES string of the molecule is CCCn1c(SCC(=O)Nc2c(C)cc(C)cc2Cl)nc2cc(S(N)(=O)=O)ccc21. The Hall–Kier alpha value is -2.07. The molecule has 2 aromatic carbocycles. The van der Waals surface area contributed by atoms with Crippen molar-refractivity contribution >= 4 is 56.0 Å². The minimum atomic E-state index is -3.81. The Morgan fingerprint density at radius 2 is 2.00 bits per heavy atom. The van der Waals surface area contributed by atoms with Crippen LogP contribution < -0.4 is 10.5 Å². The first-order valence-corrected chi connectivity index (χ1v) is 12.2. The number of primary sulfonamides is 1. The molecule has 10 heteroatoms. The lowest BCUT2D eigenvalue weighted by Gasteiger charge is -2.12. The van der Waals surface area contributed by atoms with Crippen LogP contribution in [-0.2, 0) is 21.4 Å². The van der Waals surface area contributed by atoms with Crippen molar-refractivity contribution in [2.75, 3.05) is 11.1 Å². The normalized spacial score (nSPS) is 11.8. The number of benzene rings is 2. The van der Waals surface area contributed by atoms with Crippen LogP contribution in [0.4, 0.5) is 5.69 Å². The number of rotatable bonds is 7. The second kappa shape index (κ2) is 8.97.